The fourth-order valence-corrected chi connectivity index (χ4v) is 2.75. The summed E-state index contributed by atoms with van der Waals surface area (Å²) in [5.41, 5.74) is 1.14. The highest BCUT2D eigenvalue weighted by atomic mass is 35.5. The summed E-state index contributed by atoms with van der Waals surface area (Å²) >= 11 is 24.0. The van der Waals surface area contributed by atoms with Crippen molar-refractivity contribution in [1.82, 2.24) is 0 Å². The van der Waals surface area contributed by atoms with Crippen molar-refractivity contribution in [3.8, 4) is 0 Å². The normalized spacial score (nSPS) is 15.7. The highest BCUT2D eigenvalue weighted by Gasteiger charge is 2.25. The molecular weight excluding hydrogens is 380 g/mol. The van der Waals surface area contributed by atoms with Gasteiger partial charge in [0.05, 0.1) is 10.0 Å². The van der Waals surface area contributed by atoms with Gasteiger partial charge in [-0.25, -0.2) is 9.79 Å². The molecule has 23 heavy (non-hydrogen) atoms. The molecule has 0 aliphatic carbocycles. The molecule has 0 radical (unpaired) electrons. The predicted molar refractivity (Wildman–Crippen MR) is 93.5 cm³/mol. The lowest BCUT2D eigenvalue weighted by Gasteiger charge is -2.01. The number of nitrogens with zero attached hydrogens (tertiary/aromatic N) is 1. The average Bonchev–Trinajstić information content (AvgIpc) is 2.87. The zero-order valence-corrected chi connectivity index (χ0v) is 14.3. The van der Waals surface area contributed by atoms with Gasteiger partial charge in [0.15, 0.2) is 5.70 Å². The first-order chi connectivity index (χ1) is 11.0. The van der Waals surface area contributed by atoms with Crippen molar-refractivity contribution in [1.29, 1.82) is 0 Å². The molecule has 0 bridgehead atoms. The second kappa shape index (κ2) is 6.54. The van der Waals surface area contributed by atoms with Gasteiger partial charge in [-0.15, -0.1) is 0 Å². The number of esters is 1. The van der Waals surface area contributed by atoms with Crippen LogP contribution in [0.1, 0.15) is 11.1 Å². The summed E-state index contributed by atoms with van der Waals surface area (Å²) in [6, 6.07) is 9.88. The van der Waals surface area contributed by atoms with Crippen LogP contribution in [0, 0.1) is 0 Å². The van der Waals surface area contributed by atoms with Gasteiger partial charge in [-0.2, -0.15) is 0 Å². The second-order valence-corrected chi connectivity index (χ2v) is 6.23. The number of aliphatic imine (C=N–C) groups is 1. The first-order valence-electron chi connectivity index (χ1n) is 6.37. The summed E-state index contributed by atoms with van der Waals surface area (Å²) in [4.78, 5) is 16.2. The molecule has 1 aliphatic heterocycles. The van der Waals surface area contributed by atoms with Crippen molar-refractivity contribution >= 4 is 64.3 Å². The number of halogens is 4. The molecule has 0 spiro atoms. The van der Waals surface area contributed by atoms with E-state index < -0.39 is 5.97 Å². The number of hydrogen-bond acceptors (Lipinski definition) is 3. The van der Waals surface area contributed by atoms with Gasteiger partial charge in [0, 0.05) is 21.2 Å². The van der Waals surface area contributed by atoms with Crippen molar-refractivity contribution in [3.63, 3.8) is 0 Å². The van der Waals surface area contributed by atoms with Gasteiger partial charge in [0.1, 0.15) is 0 Å². The maximum absolute atomic E-state index is 12.0. The molecule has 2 aromatic carbocycles. The van der Waals surface area contributed by atoms with Crippen molar-refractivity contribution < 1.29 is 9.53 Å². The number of benzene rings is 2. The fraction of sp³-hybridized carbons (Fsp3) is 0. The van der Waals surface area contributed by atoms with Gasteiger partial charge >= 0.3 is 5.97 Å². The quantitative estimate of drug-likeness (QED) is 0.494. The molecule has 0 fully saturated rings. The van der Waals surface area contributed by atoms with Gasteiger partial charge in [0.25, 0.3) is 0 Å². The van der Waals surface area contributed by atoms with Crippen molar-refractivity contribution in [2.75, 3.05) is 0 Å². The molecule has 0 unspecified atom stereocenters. The van der Waals surface area contributed by atoms with Crippen molar-refractivity contribution in [3.05, 3.63) is 73.3 Å². The topological polar surface area (TPSA) is 38.7 Å². The van der Waals surface area contributed by atoms with Crippen molar-refractivity contribution in [2.24, 2.45) is 4.99 Å². The van der Waals surface area contributed by atoms with Crippen LogP contribution < -0.4 is 0 Å². The molecule has 0 amide bonds. The zero-order valence-electron chi connectivity index (χ0n) is 11.3. The van der Waals surface area contributed by atoms with E-state index in [-0.39, 0.29) is 11.6 Å². The van der Waals surface area contributed by atoms with Gasteiger partial charge in [-0.05, 0) is 36.4 Å². The molecule has 116 valence electrons. The summed E-state index contributed by atoms with van der Waals surface area (Å²) in [7, 11) is 0. The Morgan fingerprint density at radius 3 is 2.26 bits per heavy atom. The van der Waals surface area contributed by atoms with Gasteiger partial charge in [0.2, 0.25) is 5.90 Å². The molecule has 0 saturated carbocycles. The third kappa shape index (κ3) is 3.38. The fourth-order valence-electron chi connectivity index (χ4n) is 1.95. The second-order valence-electron chi connectivity index (χ2n) is 4.60. The van der Waals surface area contributed by atoms with Crippen LogP contribution in [0.2, 0.25) is 20.1 Å². The Bertz CT molecular complexity index is 854. The van der Waals surface area contributed by atoms with Crippen LogP contribution in [0.25, 0.3) is 6.08 Å². The first-order valence-corrected chi connectivity index (χ1v) is 7.89. The SMILES string of the molecule is O=C1OC(c2ccc(Cl)c(Cl)c2)=N/C1=C\c1c(Cl)cccc1Cl. The van der Waals surface area contributed by atoms with Gasteiger partial charge in [-0.1, -0.05) is 52.5 Å². The summed E-state index contributed by atoms with van der Waals surface area (Å²) in [6.45, 7) is 0. The molecule has 1 aliphatic rings. The van der Waals surface area contributed by atoms with Gasteiger partial charge in [-0.3, -0.25) is 0 Å². The Hall–Kier alpha value is -1.52. The van der Waals surface area contributed by atoms with Crippen LogP contribution in [0.5, 0.6) is 0 Å². The number of hydrogen-bond donors (Lipinski definition) is 0. The molecule has 1 heterocycles. The van der Waals surface area contributed by atoms with E-state index in [0.29, 0.717) is 31.2 Å². The van der Waals surface area contributed by atoms with Crippen molar-refractivity contribution in [2.45, 2.75) is 0 Å². The lowest BCUT2D eigenvalue weighted by molar-refractivity contribution is -0.129. The maximum atomic E-state index is 12.0. The number of ether oxygens (including phenoxy) is 1. The minimum Gasteiger partial charge on any atom is -0.402 e. The Labute approximate surface area is 152 Å². The predicted octanol–water partition coefficient (Wildman–Crippen LogP) is 5.64. The molecule has 3 rings (SSSR count). The van der Waals surface area contributed by atoms with E-state index in [2.05, 4.69) is 4.99 Å². The van der Waals surface area contributed by atoms with Crippen LogP contribution in [0.3, 0.4) is 0 Å². The monoisotopic (exact) mass is 385 g/mol. The number of cyclic esters (lactones) is 1. The van der Waals surface area contributed by atoms with Crippen LogP contribution in [0.15, 0.2) is 47.1 Å². The Balaban J connectivity index is 2.01. The lowest BCUT2D eigenvalue weighted by Crippen LogP contribution is -2.05. The van der Waals surface area contributed by atoms with E-state index in [0.717, 1.165) is 0 Å². The minimum atomic E-state index is -0.595. The van der Waals surface area contributed by atoms with E-state index in [1.165, 1.54) is 6.08 Å². The maximum Gasteiger partial charge on any atom is 0.363 e. The van der Waals surface area contributed by atoms with Crippen LogP contribution in [-0.2, 0) is 9.53 Å². The molecular formula is C16H7Cl4NO2. The average molecular weight is 387 g/mol. The molecule has 0 saturated heterocycles. The number of carbonyl (C=O) groups is 1. The Morgan fingerprint density at radius 2 is 1.61 bits per heavy atom. The largest absolute Gasteiger partial charge is 0.402 e. The molecule has 2 aromatic rings. The van der Waals surface area contributed by atoms with Crippen LogP contribution in [0.4, 0.5) is 0 Å². The van der Waals surface area contributed by atoms with Crippen LogP contribution >= 0.6 is 46.4 Å². The first kappa shape index (κ1) is 16.3. The molecule has 0 atom stereocenters. The summed E-state index contributed by atoms with van der Waals surface area (Å²) < 4.78 is 5.16. The smallest absolute Gasteiger partial charge is 0.363 e. The molecule has 7 heteroatoms. The number of carbonyl (C=O) groups excluding carboxylic acids is 1. The van der Waals surface area contributed by atoms with E-state index in [4.69, 9.17) is 51.1 Å². The van der Waals surface area contributed by atoms with E-state index in [1.807, 2.05) is 0 Å². The highest BCUT2D eigenvalue weighted by molar-refractivity contribution is 6.42. The zero-order chi connectivity index (χ0) is 16.6. The van der Waals surface area contributed by atoms with E-state index in [1.54, 1.807) is 36.4 Å². The lowest BCUT2D eigenvalue weighted by atomic mass is 10.2. The number of rotatable bonds is 2. The molecule has 0 N–H and O–H groups in total. The third-order valence-corrected chi connectivity index (χ3v) is 4.47. The Kier molecular flexibility index (Phi) is 4.64. The highest BCUT2D eigenvalue weighted by Crippen LogP contribution is 2.29. The van der Waals surface area contributed by atoms with Crippen LogP contribution in [-0.4, -0.2) is 11.9 Å². The molecule has 3 nitrogen and oxygen atoms in total. The van der Waals surface area contributed by atoms with Gasteiger partial charge < -0.3 is 4.74 Å². The minimum absolute atomic E-state index is 0.0982. The summed E-state index contributed by atoms with van der Waals surface area (Å²) in [5, 5.41) is 1.57. The van der Waals surface area contributed by atoms with E-state index >= 15 is 0 Å². The standard InChI is InChI=1S/C16H7Cl4NO2/c17-10-2-1-3-11(18)9(10)7-14-16(22)23-15(21-14)8-4-5-12(19)13(20)6-8/h1-7H/b14-7-. The summed E-state index contributed by atoms with van der Waals surface area (Å²) in [5.74, 6) is -0.454. The van der Waals surface area contributed by atoms with E-state index in [9.17, 15) is 4.79 Å². The molecule has 0 aromatic heterocycles. The Morgan fingerprint density at radius 1 is 0.913 bits per heavy atom. The summed E-state index contributed by atoms with van der Waals surface area (Å²) in [6.07, 6.45) is 1.48. The third-order valence-electron chi connectivity index (χ3n) is 3.07.